The third kappa shape index (κ3) is 21.3. The molecule has 0 bridgehead atoms. The number of aliphatic imine (C=N–C) groups is 1. The van der Waals surface area contributed by atoms with Crippen molar-refractivity contribution in [2.24, 2.45) is 34.0 Å². The van der Waals surface area contributed by atoms with E-state index in [4.69, 9.17) is 17.2 Å². The number of carbonyl (C=O) groups excluding carboxylic acids is 5. The molecule has 14 N–H and O–H groups in total. The maximum Gasteiger partial charge on any atom is 0.326 e. The number of hydrogen-bond donors (Lipinski definition) is 11. The normalized spacial score (nSPS) is 14.7. The lowest BCUT2D eigenvalue weighted by molar-refractivity contribution is -0.142. The average molecular weight is 833 g/mol. The summed E-state index contributed by atoms with van der Waals surface area (Å²) in [7, 11) is 0. The van der Waals surface area contributed by atoms with Gasteiger partial charge in [-0.1, -0.05) is 77.8 Å². The van der Waals surface area contributed by atoms with Crippen molar-refractivity contribution in [3.63, 3.8) is 0 Å². The molecule has 0 heterocycles. The second-order valence-electron chi connectivity index (χ2n) is 15.5. The largest absolute Gasteiger partial charge is 0.481 e. The Balaban J connectivity index is 3.23. The van der Waals surface area contributed by atoms with Gasteiger partial charge in [0.05, 0.1) is 12.1 Å². The molecule has 59 heavy (non-hydrogen) atoms. The Kier molecular flexibility index (Phi) is 24.0. The number of nitrogens with one attached hydrogen (secondary N) is 6. The van der Waals surface area contributed by atoms with Crippen LogP contribution < -0.4 is 49.1 Å². The van der Waals surface area contributed by atoms with Crippen molar-refractivity contribution in [1.29, 1.82) is 0 Å². The predicted octanol–water partition coefficient (Wildman–Crippen LogP) is -0.146. The van der Waals surface area contributed by atoms with Crippen molar-refractivity contribution < 1.29 is 43.8 Å². The van der Waals surface area contributed by atoms with Gasteiger partial charge in [0, 0.05) is 25.6 Å². The smallest absolute Gasteiger partial charge is 0.326 e. The van der Waals surface area contributed by atoms with Crippen molar-refractivity contribution >= 4 is 47.4 Å². The number of nitrogens with two attached hydrogens (primary N) is 3. The summed E-state index contributed by atoms with van der Waals surface area (Å²) in [6, 6.07) is 2.00. The summed E-state index contributed by atoms with van der Waals surface area (Å²) in [6.07, 6.45) is 2.07. The lowest BCUT2D eigenvalue weighted by Gasteiger charge is -2.29. The molecule has 1 aromatic carbocycles. The Bertz CT molecular complexity index is 1540. The number of unbranched alkanes of at least 4 members (excludes halogenated alkanes) is 1. The SMILES string of the molecule is CCCC[C@H](NC(=O)[C@H](C)NC(=O)[C@H](CCC(=O)O)NC(=O)[C@H](Cc1ccccc1)NC[C@H](CC(C)C)NC(=O)[C@@H](NC(=O)[C@@H](N)CCCN=C(N)N)C(C)C)C(=O)O. The summed E-state index contributed by atoms with van der Waals surface area (Å²) in [4.78, 5) is 94.1. The molecule has 0 aliphatic rings. The molecule has 19 heteroatoms. The lowest BCUT2D eigenvalue weighted by Crippen LogP contribution is -2.59. The zero-order chi connectivity index (χ0) is 44.7. The first-order valence-electron chi connectivity index (χ1n) is 20.3. The molecule has 0 saturated carbocycles. The van der Waals surface area contributed by atoms with Crippen LogP contribution in [0.3, 0.4) is 0 Å². The number of benzene rings is 1. The van der Waals surface area contributed by atoms with E-state index in [0.717, 1.165) is 5.56 Å². The van der Waals surface area contributed by atoms with Gasteiger partial charge in [0.1, 0.15) is 24.2 Å². The van der Waals surface area contributed by atoms with Gasteiger partial charge in [0.25, 0.3) is 0 Å². The lowest BCUT2D eigenvalue weighted by atomic mass is 9.99. The summed E-state index contributed by atoms with van der Waals surface area (Å²) < 4.78 is 0. The number of nitrogens with zero attached hydrogens (tertiary/aromatic N) is 1. The van der Waals surface area contributed by atoms with Gasteiger partial charge < -0.3 is 59.3 Å². The number of carboxylic acid groups (broad SMARTS) is 2. The van der Waals surface area contributed by atoms with Gasteiger partial charge in [-0.05, 0) is 62.8 Å². The van der Waals surface area contributed by atoms with Crippen LogP contribution in [0.5, 0.6) is 0 Å². The molecule has 0 aliphatic carbocycles. The van der Waals surface area contributed by atoms with Crippen LogP contribution in [0.15, 0.2) is 35.3 Å². The van der Waals surface area contributed by atoms with E-state index in [1.165, 1.54) is 6.92 Å². The van der Waals surface area contributed by atoms with Gasteiger partial charge in [-0.15, -0.1) is 0 Å². The van der Waals surface area contributed by atoms with E-state index < -0.39 is 90.2 Å². The van der Waals surface area contributed by atoms with E-state index >= 15 is 0 Å². The van der Waals surface area contributed by atoms with E-state index in [0.29, 0.717) is 38.6 Å². The van der Waals surface area contributed by atoms with Gasteiger partial charge in [-0.3, -0.25) is 33.8 Å². The molecule has 1 aromatic rings. The molecule has 0 aliphatic heterocycles. The van der Waals surface area contributed by atoms with E-state index in [-0.39, 0.29) is 43.6 Å². The molecule has 1 rings (SSSR count). The first-order chi connectivity index (χ1) is 27.7. The number of carboxylic acids is 2. The topological polar surface area (TPSA) is 323 Å². The number of amides is 5. The molecular formula is C40H68N10O9. The summed E-state index contributed by atoms with van der Waals surface area (Å²) in [5.74, 6) is -5.87. The van der Waals surface area contributed by atoms with Crippen molar-refractivity contribution in [3.8, 4) is 0 Å². The Hall–Kier alpha value is -5.30. The summed E-state index contributed by atoms with van der Waals surface area (Å²) in [6.45, 7) is 11.1. The van der Waals surface area contributed by atoms with Crippen LogP contribution in [0.1, 0.15) is 98.5 Å². The summed E-state index contributed by atoms with van der Waals surface area (Å²) in [5, 5.41) is 35.5. The van der Waals surface area contributed by atoms with Crippen molar-refractivity contribution in [2.75, 3.05) is 13.1 Å². The van der Waals surface area contributed by atoms with E-state index in [9.17, 15) is 43.8 Å². The molecule has 5 amide bonds. The minimum atomic E-state index is -1.37. The van der Waals surface area contributed by atoms with Gasteiger partial charge in [-0.25, -0.2) is 4.79 Å². The molecule has 19 nitrogen and oxygen atoms in total. The summed E-state index contributed by atoms with van der Waals surface area (Å²) >= 11 is 0. The standard InChI is InChI=1S/C40H68N10O9/c1-7-8-16-30(39(58)59)49-34(53)25(6)46-36(55)29(17-18-32(51)52)48-37(56)31(21-26-13-10-9-11-14-26)45-22-27(20-23(2)3)47-38(57)33(24(4)5)50-35(54)28(41)15-12-19-44-40(42)43/h9-11,13-14,23-25,27-31,33,45H,7-8,12,15-22,41H2,1-6H3,(H,46,55)(H,47,57)(H,48,56)(H,49,53)(H,50,54)(H,51,52)(H,58,59)(H4,42,43,44)/t25-,27-,28-,29-,30-,31-,33-/m0/s1. The highest BCUT2D eigenvalue weighted by Gasteiger charge is 2.32. The number of carbonyl (C=O) groups is 7. The van der Waals surface area contributed by atoms with E-state index in [1.807, 2.05) is 39.0 Å². The minimum absolute atomic E-state index is 0.0651. The van der Waals surface area contributed by atoms with Crippen LogP contribution in [-0.2, 0) is 40.0 Å². The van der Waals surface area contributed by atoms with Crippen LogP contribution in [0.25, 0.3) is 0 Å². The fraction of sp³-hybridized carbons (Fsp3) is 0.650. The van der Waals surface area contributed by atoms with Gasteiger partial charge in [0.2, 0.25) is 29.5 Å². The quantitative estimate of drug-likeness (QED) is 0.0285. The zero-order valence-corrected chi connectivity index (χ0v) is 35.3. The Morgan fingerprint density at radius 2 is 1.34 bits per heavy atom. The maximum absolute atomic E-state index is 14.0. The van der Waals surface area contributed by atoms with Crippen LogP contribution in [0.2, 0.25) is 0 Å². The highest BCUT2D eigenvalue weighted by Crippen LogP contribution is 2.11. The molecule has 0 aromatic heterocycles. The second-order valence-corrected chi connectivity index (χ2v) is 15.5. The third-order valence-electron chi connectivity index (χ3n) is 9.36. The Labute approximate surface area is 347 Å². The number of guanidine groups is 1. The molecular weight excluding hydrogens is 765 g/mol. The van der Waals surface area contributed by atoms with Crippen LogP contribution in [0.4, 0.5) is 0 Å². The molecule has 0 saturated heterocycles. The van der Waals surface area contributed by atoms with Crippen LogP contribution in [0, 0.1) is 11.8 Å². The van der Waals surface area contributed by atoms with Gasteiger partial charge >= 0.3 is 11.9 Å². The monoisotopic (exact) mass is 833 g/mol. The highest BCUT2D eigenvalue weighted by atomic mass is 16.4. The van der Waals surface area contributed by atoms with E-state index in [2.05, 4.69) is 36.9 Å². The molecule has 0 spiro atoms. The second kappa shape index (κ2) is 27.4. The predicted molar refractivity (Wildman–Crippen MR) is 223 cm³/mol. The molecule has 0 unspecified atom stereocenters. The zero-order valence-electron chi connectivity index (χ0n) is 35.3. The van der Waals surface area contributed by atoms with Gasteiger partial charge in [0.15, 0.2) is 5.96 Å². The van der Waals surface area contributed by atoms with Crippen molar-refractivity contribution in [1.82, 2.24) is 31.9 Å². The van der Waals surface area contributed by atoms with E-state index in [1.54, 1.807) is 26.0 Å². The Morgan fingerprint density at radius 3 is 1.90 bits per heavy atom. The number of aliphatic carboxylic acids is 2. The minimum Gasteiger partial charge on any atom is -0.481 e. The van der Waals surface area contributed by atoms with Crippen molar-refractivity contribution in [2.45, 2.75) is 142 Å². The Morgan fingerprint density at radius 1 is 0.712 bits per heavy atom. The number of rotatable bonds is 29. The first-order valence-corrected chi connectivity index (χ1v) is 20.3. The summed E-state index contributed by atoms with van der Waals surface area (Å²) in [5.41, 5.74) is 17.6. The molecule has 0 radical (unpaired) electrons. The molecule has 0 fully saturated rings. The van der Waals surface area contributed by atoms with Crippen LogP contribution in [-0.4, -0.2) is 113 Å². The fourth-order valence-electron chi connectivity index (χ4n) is 6.04. The highest BCUT2D eigenvalue weighted by molar-refractivity contribution is 5.94. The first kappa shape index (κ1) is 51.7. The fourth-order valence-corrected chi connectivity index (χ4v) is 6.04. The van der Waals surface area contributed by atoms with Crippen molar-refractivity contribution in [3.05, 3.63) is 35.9 Å². The number of hydrogen-bond acceptors (Lipinski definition) is 10. The third-order valence-corrected chi connectivity index (χ3v) is 9.36. The maximum atomic E-state index is 14.0. The molecule has 332 valence electrons. The molecule has 7 atom stereocenters. The van der Waals surface area contributed by atoms with Gasteiger partial charge in [-0.2, -0.15) is 0 Å². The van der Waals surface area contributed by atoms with Crippen LogP contribution >= 0.6 is 0 Å². The average Bonchev–Trinajstić information content (AvgIpc) is 3.16.